The number of hydrogen-bond acceptors (Lipinski definition) is 4. The molecule has 112 valence electrons. The van der Waals surface area contributed by atoms with E-state index in [-0.39, 0.29) is 18.5 Å². The minimum atomic E-state index is -0.364. The molecule has 0 spiro atoms. The minimum absolute atomic E-state index is 0.0850. The summed E-state index contributed by atoms with van der Waals surface area (Å²) in [6.07, 6.45) is 0. The number of benzene rings is 2. The van der Waals surface area contributed by atoms with E-state index >= 15 is 0 Å². The lowest BCUT2D eigenvalue weighted by Crippen LogP contribution is -2.07. The third kappa shape index (κ3) is 3.51. The third-order valence-corrected chi connectivity index (χ3v) is 3.09. The Hall–Kier alpha value is -2.11. The molecule has 0 aliphatic carbocycles. The van der Waals surface area contributed by atoms with Crippen molar-refractivity contribution in [3.8, 4) is 17.2 Å². The van der Waals surface area contributed by atoms with Gasteiger partial charge in [0.1, 0.15) is 11.6 Å². The summed E-state index contributed by atoms with van der Waals surface area (Å²) < 4.78 is 24.4. The van der Waals surface area contributed by atoms with Crippen LogP contribution in [0.4, 0.5) is 4.39 Å². The van der Waals surface area contributed by atoms with Crippen molar-refractivity contribution < 1.29 is 19.0 Å². The zero-order valence-electron chi connectivity index (χ0n) is 12.0. The van der Waals surface area contributed by atoms with Crippen LogP contribution in [0.3, 0.4) is 0 Å². The second kappa shape index (κ2) is 6.56. The SMILES string of the molecule is COc1cc(CO)ccc1Oc1ccc(F)cc1C(C)N. The van der Waals surface area contributed by atoms with Crippen molar-refractivity contribution in [1.29, 1.82) is 0 Å². The molecule has 5 heteroatoms. The molecule has 0 aliphatic heterocycles. The Labute approximate surface area is 122 Å². The highest BCUT2D eigenvalue weighted by atomic mass is 19.1. The van der Waals surface area contributed by atoms with Crippen LogP contribution in [0.15, 0.2) is 36.4 Å². The molecule has 21 heavy (non-hydrogen) atoms. The Bertz CT molecular complexity index is 629. The van der Waals surface area contributed by atoms with Crippen LogP contribution < -0.4 is 15.2 Å². The first-order chi connectivity index (χ1) is 10.0. The second-order valence-electron chi connectivity index (χ2n) is 4.72. The predicted molar refractivity (Wildman–Crippen MR) is 78.0 cm³/mol. The number of nitrogens with two attached hydrogens (primary N) is 1. The summed E-state index contributed by atoms with van der Waals surface area (Å²) in [6.45, 7) is 1.67. The lowest BCUT2D eigenvalue weighted by Gasteiger charge is -2.16. The molecule has 0 amide bonds. The van der Waals surface area contributed by atoms with Gasteiger partial charge >= 0.3 is 0 Å². The van der Waals surface area contributed by atoms with Gasteiger partial charge in [-0.25, -0.2) is 4.39 Å². The molecular weight excluding hydrogens is 273 g/mol. The molecule has 1 unspecified atom stereocenters. The van der Waals surface area contributed by atoms with Crippen molar-refractivity contribution in [3.63, 3.8) is 0 Å². The predicted octanol–water partition coefficient (Wildman–Crippen LogP) is 3.14. The maximum absolute atomic E-state index is 13.3. The van der Waals surface area contributed by atoms with Crippen molar-refractivity contribution in [1.82, 2.24) is 0 Å². The molecule has 0 saturated carbocycles. The van der Waals surface area contributed by atoms with E-state index in [4.69, 9.17) is 20.3 Å². The Kier molecular flexibility index (Phi) is 4.77. The molecule has 0 radical (unpaired) electrons. The van der Waals surface area contributed by atoms with Gasteiger partial charge < -0.3 is 20.3 Å². The molecule has 0 heterocycles. The van der Waals surface area contributed by atoms with Gasteiger partial charge in [0.2, 0.25) is 0 Å². The molecule has 1 atom stereocenters. The lowest BCUT2D eigenvalue weighted by atomic mass is 10.1. The van der Waals surface area contributed by atoms with E-state index in [9.17, 15) is 4.39 Å². The fourth-order valence-electron chi connectivity index (χ4n) is 1.98. The van der Waals surface area contributed by atoms with Crippen LogP contribution in [0.5, 0.6) is 17.2 Å². The molecule has 3 N–H and O–H groups in total. The number of aliphatic hydroxyl groups is 1. The summed E-state index contributed by atoms with van der Waals surface area (Å²) in [4.78, 5) is 0. The Balaban J connectivity index is 2.38. The van der Waals surface area contributed by atoms with Crippen molar-refractivity contribution >= 4 is 0 Å². The minimum Gasteiger partial charge on any atom is -0.493 e. The highest BCUT2D eigenvalue weighted by Gasteiger charge is 2.13. The molecular formula is C16H18FNO3. The number of aliphatic hydroxyl groups excluding tert-OH is 1. The zero-order valence-corrected chi connectivity index (χ0v) is 12.0. The first kappa shape index (κ1) is 15.3. The average Bonchev–Trinajstić information content (AvgIpc) is 2.49. The van der Waals surface area contributed by atoms with Gasteiger partial charge in [-0.3, -0.25) is 0 Å². The third-order valence-electron chi connectivity index (χ3n) is 3.09. The average molecular weight is 291 g/mol. The van der Waals surface area contributed by atoms with Crippen molar-refractivity contribution in [3.05, 3.63) is 53.3 Å². The quantitative estimate of drug-likeness (QED) is 0.888. The fourth-order valence-corrected chi connectivity index (χ4v) is 1.98. The fraction of sp³-hybridized carbons (Fsp3) is 0.250. The molecule has 2 aromatic rings. The summed E-state index contributed by atoms with van der Waals surface area (Å²) in [6, 6.07) is 8.95. The lowest BCUT2D eigenvalue weighted by molar-refractivity contribution is 0.280. The summed E-state index contributed by atoms with van der Waals surface area (Å²) in [7, 11) is 1.51. The van der Waals surface area contributed by atoms with E-state index in [1.54, 1.807) is 25.1 Å². The van der Waals surface area contributed by atoms with E-state index in [2.05, 4.69) is 0 Å². The first-order valence-corrected chi connectivity index (χ1v) is 6.55. The van der Waals surface area contributed by atoms with E-state index in [1.807, 2.05) is 0 Å². The smallest absolute Gasteiger partial charge is 0.169 e. The van der Waals surface area contributed by atoms with Crippen LogP contribution in [-0.4, -0.2) is 12.2 Å². The Morgan fingerprint density at radius 2 is 1.86 bits per heavy atom. The highest BCUT2D eigenvalue weighted by Crippen LogP contribution is 2.35. The molecule has 0 aliphatic rings. The summed E-state index contributed by atoms with van der Waals surface area (Å²) in [5.74, 6) is 1.07. The van der Waals surface area contributed by atoms with Gasteiger partial charge in [0.25, 0.3) is 0 Å². The van der Waals surface area contributed by atoms with Crippen molar-refractivity contribution in [2.45, 2.75) is 19.6 Å². The van der Waals surface area contributed by atoms with E-state index < -0.39 is 0 Å². The number of halogens is 1. The van der Waals surface area contributed by atoms with Crippen LogP contribution in [-0.2, 0) is 6.61 Å². The molecule has 4 nitrogen and oxygen atoms in total. The topological polar surface area (TPSA) is 64.7 Å². The van der Waals surface area contributed by atoms with Gasteiger partial charge in [0.15, 0.2) is 11.5 Å². The van der Waals surface area contributed by atoms with Gasteiger partial charge in [0, 0.05) is 11.6 Å². The largest absolute Gasteiger partial charge is 0.493 e. The Morgan fingerprint density at radius 3 is 2.48 bits per heavy atom. The van der Waals surface area contributed by atoms with E-state index in [0.29, 0.717) is 28.4 Å². The van der Waals surface area contributed by atoms with Crippen LogP contribution in [0.1, 0.15) is 24.1 Å². The van der Waals surface area contributed by atoms with Crippen LogP contribution >= 0.6 is 0 Å². The van der Waals surface area contributed by atoms with Gasteiger partial charge in [-0.15, -0.1) is 0 Å². The standard InChI is InChI=1S/C16H18FNO3/c1-10(18)13-8-12(17)4-6-14(13)21-15-5-3-11(9-19)7-16(15)20-2/h3-8,10,19H,9,18H2,1-2H3. The Morgan fingerprint density at radius 1 is 1.14 bits per heavy atom. The van der Waals surface area contributed by atoms with Gasteiger partial charge in [-0.2, -0.15) is 0 Å². The number of methoxy groups -OCH3 is 1. The molecule has 0 aromatic heterocycles. The zero-order chi connectivity index (χ0) is 15.4. The van der Waals surface area contributed by atoms with Crippen molar-refractivity contribution in [2.75, 3.05) is 7.11 Å². The molecule has 0 saturated heterocycles. The number of rotatable bonds is 5. The molecule has 0 bridgehead atoms. The monoisotopic (exact) mass is 291 g/mol. The van der Waals surface area contributed by atoms with Gasteiger partial charge in [-0.1, -0.05) is 6.07 Å². The number of ether oxygens (including phenoxy) is 2. The summed E-state index contributed by atoms with van der Waals surface area (Å²) >= 11 is 0. The maximum atomic E-state index is 13.3. The van der Waals surface area contributed by atoms with Crippen LogP contribution in [0.2, 0.25) is 0 Å². The summed E-state index contributed by atoms with van der Waals surface area (Å²) in [5, 5.41) is 9.13. The number of hydrogen-bond donors (Lipinski definition) is 2. The summed E-state index contributed by atoms with van der Waals surface area (Å²) in [5.41, 5.74) is 7.13. The van der Waals surface area contributed by atoms with Gasteiger partial charge in [-0.05, 0) is 42.8 Å². The maximum Gasteiger partial charge on any atom is 0.169 e. The van der Waals surface area contributed by atoms with Crippen molar-refractivity contribution in [2.24, 2.45) is 5.73 Å². The normalized spacial score (nSPS) is 12.0. The van der Waals surface area contributed by atoms with Crippen LogP contribution in [0.25, 0.3) is 0 Å². The molecule has 2 rings (SSSR count). The highest BCUT2D eigenvalue weighted by molar-refractivity contribution is 5.47. The van der Waals surface area contributed by atoms with E-state index in [1.165, 1.54) is 25.3 Å². The first-order valence-electron chi connectivity index (χ1n) is 6.55. The second-order valence-corrected chi connectivity index (χ2v) is 4.72. The molecule has 0 fully saturated rings. The van der Waals surface area contributed by atoms with Crippen LogP contribution in [0, 0.1) is 5.82 Å². The van der Waals surface area contributed by atoms with Gasteiger partial charge in [0.05, 0.1) is 13.7 Å². The molecule has 2 aromatic carbocycles. The van der Waals surface area contributed by atoms with E-state index in [0.717, 1.165) is 0 Å².